The van der Waals surface area contributed by atoms with Crippen LogP contribution in [0.1, 0.15) is 72.6 Å². The third-order valence-electron chi connectivity index (χ3n) is 4.94. The second kappa shape index (κ2) is 7.39. The molecule has 0 aromatic carbocycles. The number of alkyl carbamates (subject to hydrolysis) is 1. The molecule has 2 aliphatic carbocycles. The van der Waals surface area contributed by atoms with Crippen LogP contribution in [-0.4, -0.2) is 41.0 Å². The molecule has 5 heteroatoms. The van der Waals surface area contributed by atoms with Crippen LogP contribution in [0.25, 0.3) is 0 Å². The number of carbonyl (C=O) groups is 1. The van der Waals surface area contributed by atoms with Crippen LogP contribution in [0.4, 0.5) is 4.79 Å². The molecule has 2 aliphatic rings. The minimum atomic E-state index is -0.547. The van der Waals surface area contributed by atoms with Crippen molar-refractivity contribution in [3.05, 3.63) is 0 Å². The summed E-state index contributed by atoms with van der Waals surface area (Å²) in [6, 6.07) is 0.540. The molecule has 2 saturated carbocycles. The molecule has 4 atom stereocenters. The molecule has 0 saturated heterocycles. The first-order chi connectivity index (χ1) is 10.7. The van der Waals surface area contributed by atoms with E-state index in [1.54, 1.807) is 0 Å². The van der Waals surface area contributed by atoms with Gasteiger partial charge in [0.2, 0.25) is 0 Å². The minimum Gasteiger partial charge on any atom is -0.444 e. The number of aliphatic hydroxyl groups is 1. The highest BCUT2D eigenvalue weighted by Gasteiger charge is 2.34. The van der Waals surface area contributed by atoms with E-state index in [0.717, 1.165) is 38.5 Å². The Hall–Kier alpha value is -0.810. The maximum atomic E-state index is 11.8. The molecular formula is C18H34N2O3. The van der Waals surface area contributed by atoms with Crippen LogP contribution in [0.3, 0.4) is 0 Å². The molecule has 2 rings (SSSR count). The van der Waals surface area contributed by atoms with Crippen molar-refractivity contribution in [2.24, 2.45) is 5.92 Å². The Morgan fingerprint density at radius 2 is 1.96 bits per heavy atom. The van der Waals surface area contributed by atoms with Crippen molar-refractivity contribution in [3.63, 3.8) is 0 Å². The van der Waals surface area contributed by atoms with Crippen molar-refractivity contribution >= 4 is 6.09 Å². The van der Waals surface area contributed by atoms with Crippen LogP contribution in [0, 0.1) is 5.92 Å². The van der Waals surface area contributed by atoms with E-state index in [9.17, 15) is 9.90 Å². The monoisotopic (exact) mass is 326 g/mol. The van der Waals surface area contributed by atoms with E-state index in [-0.39, 0.29) is 12.1 Å². The maximum Gasteiger partial charge on any atom is 0.407 e. The number of ether oxygens (including phenoxy) is 1. The van der Waals surface area contributed by atoms with E-state index in [1.807, 2.05) is 20.8 Å². The fraction of sp³-hybridized carbons (Fsp3) is 0.944. The van der Waals surface area contributed by atoms with Crippen LogP contribution < -0.4 is 10.6 Å². The van der Waals surface area contributed by atoms with Crippen molar-refractivity contribution in [1.29, 1.82) is 0 Å². The summed E-state index contributed by atoms with van der Waals surface area (Å²) in [6.45, 7) is 8.51. The van der Waals surface area contributed by atoms with Crippen molar-refractivity contribution in [2.75, 3.05) is 6.54 Å². The molecule has 0 aliphatic heterocycles. The van der Waals surface area contributed by atoms with Gasteiger partial charge in [-0.15, -0.1) is 0 Å². The Labute approximate surface area is 140 Å². The highest BCUT2D eigenvalue weighted by molar-refractivity contribution is 5.68. The molecular weight excluding hydrogens is 292 g/mol. The molecule has 0 bridgehead atoms. The summed E-state index contributed by atoms with van der Waals surface area (Å²) >= 11 is 0. The summed E-state index contributed by atoms with van der Waals surface area (Å²) in [5, 5.41) is 17.2. The topological polar surface area (TPSA) is 70.6 Å². The van der Waals surface area contributed by atoms with Crippen LogP contribution in [0.15, 0.2) is 0 Å². The molecule has 5 nitrogen and oxygen atoms in total. The lowest BCUT2D eigenvalue weighted by Crippen LogP contribution is -2.47. The number of amides is 1. The number of hydrogen-bond donors (Lipinski definition) is 3. The van der Waals surface area contributed by atoms with E-state index in [4.69, 9.17) is 4.74 Å². The van der Waals surface area contributed by atoms with Gasteiger partial charge in [-0.3, -0.25) is 0 Å². The Balaban J connectivity index is 1.70. The minimum absolute atomic E-state index is 0.169. The Morgan fingerprint density at radius 3 is 2.61 bits per heavy atom. The first-order valence-electron chi connectivity index (χ1n) is 9.10. The number of hydrogen-bond acceptors (Lipinski definition) is 4. The van der Waals surface area contributed by atoms with Crippen LogP contribution >= 0.6 is 0 Å². The van der Waals surface area contributed by atoms with E-state index >= 15 is 0 Å². The largest absolute Gasteiger partial charge is 0.444 e. The summed E-state index contributed by atoms with van der Waals surface area (Å²) in [7, 11) is 0. The summed E-state index contributed by atoms with van der Waals surface area (Å²) in [5.74, 6) is 0.612. The highest BCUT2D eigenvalue weighted by Crippen LogP contribution is 2.32. The van der Waals surface area contributed by atoms with Gasteiger partial charge in [0, 0.05) is 18.6 Å². The third-order valence-corrected chi connectivity index (χ3v) is 4.94. The zero-order valence-electron chi connectivity index (χ0n) is 15.2. The lowest BCUT2D eigenvalue weighted by atomic mass is 9.79. The Kier molecular flexibility index (Phi) is 5.95. The van der Waals surface area contributed by atoms with Gasteiger partial charge in [-0.2, -0.15) is 0 Å². The Bertz CT molecular complexity index is 408. The van der Waals surface area contributed by atoms with Gasteiger partial charge in [0.25, 0.3) is 0 Å². The van der Waals surface area contributed by atoms with E-state index < -0.39 is 11.2 Å². The van der Waals surface area contributed by atoms with Gasteiger partial charge in [-0.1, -0.05) is 19.8 Å². The number of nitrogens with one attached hydrogen (secondary N) is 2. The summed E-state index contributed by atoms with van der Waals surface area (Å²) < 4.78 is 5.31. The van der Waals surface area contributed by atoms with Crippen molar-refractivity contribution in [1.82, 2.24) is 10.6 Å². The fourth-order valence-corrected chi connectivity index (χ4v) is 3.90. The van der Waals surface area contributed by atoms with Crippen LogP contribution in [-0.2, 0) is 4.74 Å². The maximum absolute atomic E-state index is 11.8. The predicted octanol–water partition coefficient (Wildman–Crippen LogP) is 2.96. The fourth-order valence-electron chi connectivity index (χ4n) is 3.90. The Morgan fingerprint density at radius 1 is 1.26 bits per heavy atom. The second-order valence-electron chi connectivity index (χ2n) is 8.66. The van der Waals surface area contributed by atoms with Crippen LogP contribution in [0.2, 0.25) is 0 Å². The molecule has 0 heterocycles. The third kappa shape index (κ3) is 6.30. The van der Waals surface area contributed by atoms with Crippen molar-refractivity contribution in [2.45, 2.75) is 95.9 Å². The van der Waals surface area contributed by atoms with Gasteiger partial charge in [-0.25, -0.2) is 4.79 Å². The number of carbonyl (C=O) groups excluding carboxylic acids is 1. The average Bonchev–Trinajstić information content (AvgIpc) is 2.81. The zero-order chi connectivity index (χ0) is 17.1. The van der Waals surface area contributed by atoms with Gasteiger partial charge < -0.3 is 20.5 Å². The molecule has 23 heavy (non-hydrogen) atoms. The predicted molar refractivity (Wildman–Crippen MR) is 91.4 cm³/mol. The van der Waals surface area contributed by atoms with Gasteiger partial charge >= 0.3 is 6.09 Å². The SMILES string of the molecule is CC1CCCC(O)(CNC2CCC(NC(=O)OC(C)(C)C)C2)C1. The average molecular weight is 326 g/mol. The quantitative estimate of drug-likeness (QED) is 0.743. The van der Waals surface area contributed by atoms with Gasteiger partial charge in [0.05, 0.1) is 5.60 Å². The van der Waals surface area contributed by atoms with Gasteiger partial charge in [-0.05, 0) is 58.8 Å². The van der Waals surface area contributed by atoms with E-state index in [0.29, 0.717) is 18.5 Å². The van der Waals surface area contributed by atoms with Gasteiger partial charge in [0.1, 0.15) is 5.60 Å². The first-order valence-corrected chi connectivity index (χ1v) is 9.10. The molecule has 0 aromatic rings. The summed E-state index contributed by atoms with van der Waals surface area (Å²) in [5.41, 5.74) is -1.00. The van der Waals surface area contributed by atoms with Crippen LogP contribution in [0.5, 0.6) is 0 Å². The lowest BCUT2D eigenvalue weighted by molar-refractivity contribution is -0.0136. The molecule has 1 amide bonds. The molecule has 0 aromatic heterocycles. The molecule has 2 fully saturated rings. The second-order valence-corrected chi connectivity index (χ2v) is 8.66. The van der Waals surface area contributed by atoms with E-state index in [2.05, 4.69) is 17.6 Å². The molecule has 134 valence electrons. The van der Waals surface area contributed by atoms with Crippen molar-refractivity contribution < 1.29 is 14.6 Å². The summed E-state index contributed by atoms with van der Waals surface area (Å²) in [6.07, 6.45) is 6.72. The molecule has 0 radical (unpaired) electrons. The highest BCUT2D eigenvalue weighted by atomic mass is 16.6. The standard InChI is InChI=1S/C18H34N2O3/c1-13-6-5-9-18(22,11-13)12-19-14-7-8-15(10-14)20-16(21)23-17(2,3)4/h13-15,19,22H,5-12H2,1-4H3,(H,20,21). The number of rotatable bonds is 4. The normalized spacial score (nSPS) is 35.1. The molecule has 4 unspecified atom stereocenters. The van der Waals surface area contributed by atoms with Crippen molar-refractivity contribution in [3.8, 4) is 0 Å². The van der Waals surface area contributed by atoms with Gasteiger partial charge in [0.15, 0.2) is 0 Å². The lowest BCUT2D eigenvalue weighted by Gasteiger charge is -2.36. The molecule has 3 N–H and O–H groups in total. The smallest absolute Gasteiger partial charge is 0.407 e. The zero-order valence-corrected chi connectivity index (χ0v) is 15.2. The van der Waals surface area contributed by atoms with E-state index in [1.165, 1.54) is 6.42 Å². The molecule has 0 spiro atoms. The first kappa shape index (κ1) is 18.5. The summed E-state index contributed by atoms with van der Waals surface area (Å²) in [4.78, 5) is 11.8.